The Morgan fingerprint density at radius 2 is 1.65 bits per heavy atom. The molecule has 264 valence electrons. The summed E-state index contributed by atoms with van der Waals surface area (Å²) in [5.74, 6) is 5.13. The Morgan fingerprint density at radius 1 is 0.863 bits per heavy atom. The number of hydrogen-bond donors (Lipinski definition) is 0. The first-order valence-electron chi connectivity index (χ1n) is 19.1. The van der Waals surface area contributed by atoms with E-state index in [2.05, 4.69) is 150 Å². The molecule has 3 atom stereocenters. The van der Waals surface area contributed by atoms with E-state index in [4.69, 9.17) is 14.8 Å². The molecule has 51 heavy (non-hydrogen) atoms. The molecule has 0 aliphatic heterocycles. The molecule has 7 rings (SSSR count). The van der Waals surface area contributed by atoms with Crippen LogP contribution in [0, 0.1) is 31.6 Å². The molecule has 0 amide bonds. The Morgan fingerprint density at radius 3 is 2.39 bits per heavy atom. The molecule has 5 nitrogen and oxygen atoms in total. The monoisotopic (exact) mass is 678 g/mol. The van der Waals surface area contributed by atoms with E-state index in [0.29, 0.717) is 29.6 Å². The second-order valence-electron chi connectivity index (χ2n) is 15.6. The van der Waals surface area contributed by atoms with Crippen molar-refractivity contribution in [2.45, 2.75) is 99.8 Å². The van der Waals surface area contributed by atoms with Crippen LogP contribution >= 0.6 is 0 Å². The number of fused-ring (bicyclic) bond motifs is 3. The predicted molar refractivity (Wildman–Crippen MR) is 213 cm³/mol. The lowest BCUT2D eigenvalue weighted by atomic mass is 9.69. The van der Waals surface area contributed by atoms with Crippen molar-refractivity contribution in [3.8, 4) is 23.0 Å². The second kappa shape index (κ2) is 14.2. The van der Waals surface area contributed by atoms with Gasteiger partial charge < -0.3 is 4.74 Å². The maximum Gasteiger partial charge on any atom is 0.137 e. The molecular weight excluding hydrogens is 625 g/mol. The minimum Gasteiger partial charge on any atom is -0.457 e. The topological polar surface area (TPSA) is 44.9 Å². The standard InChI is InChI=1S/C46H54N4O/c1-10-34-21-30(7)22-35(11-2)46(34)45-31(8)48-50(32(45)9)37-24-36(29(5)6)25-39(26-37)51-38-16-17-41-40-14-12-13-15-42(40)49(43(41)27-38)44-23-33(18-19-47-44)20-28(3)4/h12-19,21,23-30,35,46H,10-11,20,22H2,1-9H3/t30-,35-,46?/m0/s1. The highest BCUT2D eigenvalue weighted by Crippen LogP contribution is 2.46. The van der Waals surface area contributed by atoms with Gasteiger partial charge in [0.15, 0.2) is 0 Å². The van der Waals surface area contributed by atoms with E-state index < -0.39 is 0 Å². The number of aromatic nitrogens is 4. The fraction of sp³-hybridized carbons (Fsp3) is 0.391. The highest BCUT2D eigenvalue weighted by Gasteiger charge is 2.34. The van der Waals surface area contributed by atoms with Crippen molar-refractivity contribution in [1.82, 2.24) is 19.3 Å². The zero-order chi connectivity index (χ0) is 36.0. The predicted octanol–water partition coefficient (Wildman–Crippen LogP) is 12.6. The zero-order valence-corrected chi connectivity index (χ0v) is 32.0. The summed E-state index contributed by atoms with van der Waals surface area (Å²) in [6.45, 7) is 20.5. The van der Waals surface area contributed by atoms with Crippen LogP contribution < -0.4 is 4.74 Å². The fourth-order valence-electron chi connectivity index (χ4n) is 8.67. The van der Waals surface area contributed by atoms with Crippen LogP contribution in [0.2, 0.25) is 0 Å². The average Bonchev–Trinajstić information content (AvgIpc) is 3.59. The molecule has 6 aromatic rings. The number of rotatable bonds is 10. The summed E-state index contributed by atoms with van der Waals surface area (Å²) in [7, 11) is 0. The summed E-state index contributed by atoms with van der Waals surface area (Å²) in [5.41, 5.74) is 11.1. The quantitative estimate of drug-likeness (QED) is 0.135. The SMILES string of the molecule is CCC1=C[C@H](C)C[C@H](CC)C1c1c(C)nn(-c2cc(Oc3ccc4c5ccccc5n(-c5cc(CC(C)C)ccn5)c4c3)cc(C(C)C)c2)c1C. The lowest BCUT2D eigenvalue weighted by molar-refractivity contribution is 0.347. The Kier molecular flexibility index (Phi) is 9.67. The third-order valence-electron chi connectivity index (χ3n) is 11.0. The van der Waals surface area contributed by atoms with E-state index in [1.54, 1.807) is 5.57 Å². The van der Waals surface area contributed by atoms with Crippen LogP contribution in [0.5, 0.6) is 11.5 Å². The minimum atomic E-state index is 0.330. The van der Waals surface area contributed by atoms with Gasteiger partial charge in [0.25, 0.3) is 0 Å². The molecule has 3 aromatic carbocycles. The number of ether oxygens (including phenoxy) is 1. The number of hydrogen-bond acceptors (Lipinski definition) is 3. The molecule has 0 N–H and O–H groups in total. The first kappa shape index (κ1) is 34.8. The van der Waals surface area contributed by atoms with Gasteiger partial charge in [0.1, 0.15) is 17.3 Å². The summed E-state index contributed by atoms with van der Waals surface area (Å²) in [4.78, 5) is 4.86. The summed E-state index contributed by atoms with van der Waals surface area (Å²) in [6, 6.07) is 26.0. The minimum absolute atomic E-state index is 0.330. The first-order chi connectivity index (χ1) is 24.6. The van der Waals surface area contributed by atoms with Crippen LogP contribution in [-0.4, -0.2) is 19.3 Å². The molecular formula is C46H54N4O. The number of benzene rings is 3. The van der Waals surface area contributed by atoms with E-state index in [0.717, 1.165) is 52.6 Å². The Hall–Kier alpha value is -4.64. The number of nitrogens with zero attached hydrogens (tertiary/aromatic N) is 4. The second-order valence-corrected chi connectivity index (χ2v) is 15.6. The van der Waals surface area contributed by atoms with Crippen molar-refractivity contribution in [3.05, 3.63) is 119 Å². The Labute approximate surface area is 304 Å². The normalized spacial score (nSPS) is 17.9. The van der Waals surface area contributed by atoms with Crippen molar-refractivity contribution in [3.63, 3.8) is 0 Å². The molecule has 1 aliphatic carbocycles. The molecule has 0 fully saturated rings. The van der Waals surface area contributed by atoms with Crippen molar-refractivity contribution in [2.24, 2.45) is 17.8 Å². The lowest BCUT2D eigenvalue weighted by Gasteiger charge is -2.35. The van der Waals surface area contributed by atoms with Crippen molar-refractivity contribution in [2.75, 3.05) is 0 Å². The molecule has 0 spiro atoms. The molecule has 5 heteroatoms. The molecule has 0 saturated heterocycles. The Bertz CT molecular complexity index is 2230. The van der Waals surface area contributed by atoms with Crippen molar-refractivity contribution in [1.29, 1.82) is 0 Å². The largest absolute Gasteiger partial charge is 0.457 e. The summed E-state index contributed by atoms with van der Waals surface area (Å²) in [5, 5.41) is 7.61. The number of para-hydroxylation sites is 1. The van der Waals surface area contributed by atoms with Gasteiger partial charge in [-0.3, -0.25) is 4.57 Å². The van der Waals surface area contributed by atoms with Crippen LogP contribution in [0.3, 0.4) is 0 Å². The molecule has 0 radical (unpaired) electrons. The van der Waals surface area contributed by atoms with Crippen LogP contribution in [0.4, 0.5) is 0 Å². The van der Waals surface area contributed by atoms with Gasteiger partial charge in [0, 0.05) is 46.3 Å². The van der Waals surface area contributed by atoms with Crippen LogP contribution in [0.15, 0.2) is 90.6 Å². The zero-order valence-electron chi connectivity index (χ0n) is 32.0. The average molecular weight is 679 g/mol. The third-order valence-corrected chi connectivity index (χ3v) is 11.0. The number of allylic oxidation sites excluding steroid dienone is 2. The van der Waals surface area contributed by atoms with E-state index in [1.807, 2.05) is 6.20 Å². The smallest absolute Gasteiger partial charge is 0.137 e. The van der Waals surface area contributed by atoms with Gasteiger partial charge in [-0.1, -0.05) is 84.7 Å². The maximum atomic E-state index is 6.79. The lowest BCUT2D eigenvalue weighted by Crippen LogP contribution is -2.23. The van der Waals surface area contributed by atoms with Gasteiger partial charge in [0.2, 0.25) is 0 Å². The molecule has 0 saturated carbocycles. The van der Waals surface area contributed by atoms with Gasteiger partial charge in [-0.15, -0.1) is 0 Å². The highest BCUT2D eigenvalue weighted by atomic mass is 16.5. The first-order valence-corrected chi connectivity index (χ1v) is 19.1. The summed E-state index contributed by atoms with van der Waals surface area (Å²) in [6.07, 6.45) is 8.99. The molecule has 3 aromatic heterocycles. The molecule has 1 aliphatic rings. The van der Waals surface area contributed by atoms with E-state index >= 15 is 0 Å². The van der Waals surface area contributed by atoms with Crippen molar-refractivity contribution < 1.29 is 4.74 Å². The van der Waals surface area contributed by atoms with Gasteiger partial charge in [-0.05, 0) is 110 Å². The maximum absolute atomic E-state index is 6.79. The molecule has 3 heterocycles. The van der Waals surface area contributed by atoms with Gasteiger partial charge in [-0.25, -0.2) is 9.67 Å². The van der Waals surface area contributed by atoms with Gasteiger partial charge >= 0.3 is 0 Å². The number of pyridine rings is 1. The number of aryl methyl sites for hydroxylation is 1. The van der Waals surface area contributed by atoms with Gasteiger partial charge in [-0.2, -0.15) is 5.10 Å². The van der Waals surface area contributed by atoms with Crippen LogP contribution in [0.25, 0.3) is 33.3 Å². The van der Waals surface area contributed by atoms with Crippen LogP contribution in [0.1, 0.15) is 108 Å². The Balaban J connectivity index is 1.31. The van der Waals surface area contributed by atoms with E-state index in [-0.39, 0.29) is 0 Å². The summed E-state index contributed by atoms with van der Waals surface area (Å²) >= 11 is 0. The molecule has 0 bridgehead atoms. The van der Waals surface area contributed by atoms with E-state index in [1.165, 1.54) is 46.0 Å². The third kappa shape index (κ3) is 6.64. The highest BCUT2D eigenvalue weighted by molar-refractivity contribution is 6.09. The van der Waals surface area contributed by atoms with E-state index in [9.17, 15) is 0 Å². The van der Waals surface area contributed by atoms with Crippen molar-refractivity contribution >= 4 is 21.8 Å². The van der Waals surface area contributed by atoms with Crippen LogP contribution in [-0.2, 0) is 6.42 Å². The summed E-state index contributed by atoms with van der Waals surface area (Å²) < 4.78 is 11.2. The van der Waals surface area contributed by atoms with Gasteiger partial charge in [0.05, 0.1) is 22.4 Å². The fourth-order valence-corrected chi connectivity index (χ4v) is 8.67. The molecule has 1 unspecified atom stereocenters.